The number of ether oxygens (including phenoxy) is 2. The highest BCUT2D eigenvalue weighted by molar-refractivity contribution is 9.10. The van der Waals surface area contributed by atoms with Crippen molar-refractivity contribution in [1.82, 2.24) is 5.32 Å². The molecule has 0 atom stereocenters. The first-order chi connectivity index (χ1) is 12.0. The van der Waals surface area contributed by atoms with E-state index in [1.165, 1.54) is 0 Å². The van der Waals surface area contributed by atoms with Gasteiger partial charge in [0.25, 0.3) is 0 Å². The Balaban J connectivity index is 1.95. The van der Waals surface area contributed by atoms with Crippen molar-refractivity contribution in [3.8, 4) is 11.5 Å². The van der Waals surface area contributed by atoms with Gasteiger partial charge < -0.3 is 14.8 Å². The molecule has 0 spiro atoms. The number of aryl methyl sites for hydroxylation is 2. The molecule has 1 amide bonds. The number of hydrogen-bond acceptors (Lipinski definition) is 4. The lowest BCUT2D eigenvalue weighted by molar-refractivity contribution is -0.118. The predicted molar refractivity (Wildman–Crippen MR) is 106 cm³/mol. The number of amides is 1. The Kier molecular flexibility index (Phi) is 7.20. The van der Waals surface area contributed by atoms with Gasteiger partial charge in [-0.25, -0.2) is 0 Å². The largest absolute Gasteiger partial charge is 0.493 e. The summed E-state index contributed by atoms with van der Waals surface area (Å²) in [5.41, 5.74) is 3.20. The maximum Gasteiger partial charge on any atom is 0.230 e. The molecular formula is C19H22BrNO3S. The van der Waals surface area contributed by atoms with Gasteiger partial charge in [0.05, 0.1) is 20.0 Å². The van der Waals surface area contributed by atoms with Crippen molar-refractivity contribution >= 4 is 33.6 Å². The molecule has 0 aliphatic heterocycles. The molecule has 0 heterocycles. The van der Waals surface area contributed by atoms with Gasteiger partial charge in [-0.1, -0.05) is 28.1 Å². The van der Waals surface area contributed by atoms with E-state index in [0.717, 1.165) is 26.1 Å². The summed E-state index contributed by atoms with van der Waals surface area (Å²) in [6, 6.07) is 9.81. The van der Waals surface area contributed by atoms with Crippen LogP contribution in [0.1, 0.15) is 16.7 Å². The fraction of sp³-hybridized carbons (Fsp3) is 0.316. The summed E-state index contributed by atoms with van der Waals surface area (Å²) in [6.07, 6.45) is 0. The first-order valence-corrected chi connectivity index (χ1v) is 9.60. The van der Waals surface area contributed by atoms with Gasteiger partial charge in [-0.2, -0.15) is 0 Å². The summed E-state index contributed by atoms with van der Waals surface area (Å²) in [7, 11) is 3.19. The van der Waals surface area contributed by atoms with E-state index in [2.05, 4.69) is 33.4 Å². The molecule has 2 aromatic carbocycles. The van der Waals surface area contributed by atoms with E-state index in [9.17, 15) is 4.79 Å². The Morgan fingerprint density at radius 1 is 1.16 bits per heavy atom. The lowest BCUT2D eigenvalue weighted by atomic mass is 10.2. The molecule has 0 radical (unpaired) electrons. The molecule has 25 heavy (non-hydrogen) atoms. The molecule has 6 heteroatoms. The third-order valence-electron chi connectivity index (χ3n) is 3.78. The number of halogens is 1. The van der Waals surface area contributed by atoms with E-state index < -0.39 is 0 Å². The molecule has 2 rings (SSSR count). The number of thioether (sulfide) groups is 1. The second-order valence-electron chi connectivity index (χ2n) is 5.58. The number of carbonyl (C=O) groups excluding carboxylic acids is 1. The van der Waals surface area contributed by atoms with Crippen molar-refractivity contribution in [3.05, 3.63) is 51.5 Å². The number of methoxy groups -OCH3 is 2. The van der Waals surface area contributed by atoms with Crippen LogP contribution < -0.4 is 14.8 Å². The maximum atomic E-state index is 12.2. The molecule has 0 bridgehead atoms. The lowest BCUT2D eigenvalue weighted by Gasteiger charge is -2.13. The van der Waals surface area contributed by atoms with Gasteiger partial charge in [0, 0.05) is 21.5 Å². The minimum atomic E-state index is -0.0187. The number of hydrogen-bond donors (Lipinski definition) is 1. The van der Waals surface area contributed by atoms with Gasteiger partial charge in [-0.3, -0.25) is 4.79 Å². The molecule has 0 saturated carbocycles. The lowest BCUT2D eigenvalue weighted by Crippen LogP contribution is -2.24. The van der Waals surface area contributed by atoms with Crippen LogP contribution in [0.3, 0.4) is 0 Å². The van der Waals surface area contributed by atoms with Crippen LogP contribution in [0, 0.1) is 13.8 Å². The summed E-state index contributed by atoms with van der Waals surface area (Å²) in [5, 5.41) is 2.94. The summed E-state index contributed by atoms with van der Waals surface area (Å²) in [6.45, 7) is 4.49. The van der Waals surface area contributed by atoms with Crippen molar-refractivity contribution in [3.63, 3.8) is 0 Å². The predicted octanol–water partition coefficient (Wildman–Crippen LogP) is 4.49. The molecule has 4 nitrogen and oxygen atoms in total. The Labute approximate surface area is 161 Å². The summed E-state index contributed by atoms with van der Waals surface area (Å²) < 4.78 is 11.7. The highest BCUT2D eigenvalue weighted by Gasteiger charge is 2.11. The molecule has 1 N–H and O–H groups in total. The summed E-state index contributed by atoms with van der Waals surface area (Å²) in [4.78, 5) is 13.3. The van der Waals surface area contributed by atoms with Crippen molar-refractivity contribution < 1.29 is 14.3 Å². The zero-order chi connectivity index (χ0) is 18.4. The highest BCUT2D eigenvalue weighted by atomic mass is 79.9. The number of nitrogens with one attached hydrogen (secondary N) is 1. The van der Waals surface area contributed by atoms with Crippen LogP contribution in [0.4, 0.5) is 0 Å². The second-order valence-corrected chi connectivity index (χ2v) is 7.46. The number of rotatable bonds is 7. The maximum absolute atomic E-state index is 12.2. The standard InChI is InChI=1S/C19H22BrNO3S/c1-12-9-17(13(2)8-15(12)20)25-11-18(22)21-10-14-6-5-7-16(23-3)19(14)24-4/h5-9H,10-11H2,1-4H3,(H,21,22). The minimum Gasteiger partial charge on any atom is -0.493 e. The van der Waals surface area contributed by atoms with Crippen molar-refractivity contribution in [2.45, 2.75) is 25.3 Å². The normalized spacial score (nSPS) is 10.4. The Bertz CT molecular complexity index is 765. The Morgan fingerprint density at radius 3 is 2.60 bits per heavy atom. The molecule has 134 valence electrons. The van der Waals surface area contributed by atoms with Crippen molar-refractivity contribution in [2.75, 3.05) is 20.0 Å². The highest BCUT2D eigenvalue weighted by Crippen LogP contribution is 2.31. The van der Waals surface area contributed by atoms with Gasteiger partial charge >= 0.3 is 0 Å². The second kappa shape index (κ2) is 9.15. The van der Waals surface area contributed by atoms with Crippen LogP contribution in [-0.2, 0) is 11.3 Å². The van der Waals surface area contributed by atoms with E-state index in [-0.39, 0.29) is 5.91 Å². The van der Waals surface area contributed by atoms with Gasteiger partial charge in [-0.15, -0.1) is 11.8 Å². The van der Waals surface area contributed by atoms with Crippen molar-refractivity contribution in [1.29, 1.82) is 0 Å². The van der Waals surface area contributed by atoms with Crippen LogP contribution >= 0.6 is 27.7 Å². The number of carbonyl (C=O) groups is 1. The van der Waals surface area contributed by atoms with Gasteiger partial charge in [0.2, 0.25) is 5.91 Å². The zero-order valence-electron chi connectivity index (χ0n) is 14.8. The fourth-order valence-corrected chi connectivity index (χ4v) is 3.78. The number of para-hydroxylation sites is 1. The van der Waals surface area contributed by atoms with Crippen LogP contribution in [0.25, 0.3) is 0 Å². The van der Waals surface area contributed by atoms with Crippen LogP contribution in [-0.4, -0.2) is 25.9 Å². The van der Waals surface area contributed by atoms with Gasteiger partial charge in [0.15, 0.2) is 11.5 Å². The van der Waals surface area contributed by atoms with Gasteiger partial charge in [0.1, 0.15) is 0 Å². The molecule has 0 unspecified atom stereocenters. The topological polar surface area (TPSA) is 47.6 Å². The first-order valence-electron chi connectivity index (χ1n) is 7.82. The molecule has 0 aliphatic carbocycles. The minimum absolute atomic E-state index is 0.0187. The van der Waals surface area contributed by atoms with E-state index in [0.29, 0.717) is 23.8 Å². The average molecular weight is 424 g/mol. The molecular weight excluding hydrogens is 402 g/mol. The third kappa shape index (κ3) is 5.16. The SMILES string of the molecule is COc1cccc(CNC(=O)CSc2cc(C)c(Br)cc2C)c1OC. The number of benzene rings is 2. The summed E-state index contributed by atoms with van der Waals surface area (Å²) >= 11 is 5.07. The van der Waals surface area contributed by atoms with Crippen molar-refractivity contribution in [2.24, 2.45) is 0 Å². The molecule has 0 saturated heterocycles. The molecule has 0 fully saturated rings. The van der Waals surface area contributed by atoms with E-state index in [1.807, 2.05) is 32.0 Å². The Morgan fingerprint density at radius 2 is 1.92 bits per heavy atom. The van der Waals surface area contributed by atoms with Crippen LogP contribution in [0.15, 0.2) is 39.7 Å². The Hall–Kier alpha value is -1.66. The quantitative estimate of drug-likeness (QED) is 0.666. The van der Waals surface area contributed by atoms with Crippen LogP contribution in [0.5, 0.6) is 11.5 Å². The molecule has 2 aromatic rings. The molecule has 0 aliphatic rings. The van der Waals surface area contributed by atoms with E-state index in [1.54, 1.807) is 26.0 Å². The third-order valence-corrected chi connectivity index (χ3v) is 5.79. The zero-order valence-corrected chi connectivity index (χ0v) is 17.2. The van der Waals surface area contributed by atoms with E-state index in [4.69, 9.17) is 9.47 Å². The monoisotopic (exact) mass is 423 g/mol. The molecule has 0 aromatic heterocycles. The fourth-order valence-electron chi connectivity index (χ4n) is 2.39. The van der Waals surface area contributed by atoms with E-state index >= 15 is 0 Å². The smallest absolute Gasteiger partial charge is 0.230 e. The summed E-state index contributed by atoms with van der Waals surface area (Å²) in [5.74, 6) is 1.66. The van der Waals surface area contributed by atoms with Gasteiger partial charge in [-0.05, 0) is 43.2 Å². The average Bonchev–Trinajstić information content (AvgIpc) is 2.61. The first kappa shape index (κ1) is 19.7. The van der Waals surface area contributed by atoms with Crippen LogP contribution in [0.2, 0.25) is 0 Å².